The summed E-state index contributed by atoms with van der Waals surface area (Å²) in [5.41, 5.74) is 1.13. The van der Waals surface area contributed by atoms with Crippen LogP contribution in [0.2, 0.25) is 0 Å². The van der Waals surface area contributed by atoms with Crippen molar-refractivity contribution in [2.45, 2.75) is 13.8 Å². The fourth-order valence-corrected chi connectivity index (χ4v) is 2.26. The summed E-state index contributed by atoms with van der Waals surface area (Å²) in [6.07, 6.45) is 0. The van der Waals surface area contributed by atoms with Gasteiger partial charge in [0.2, 0.25) is 0 Å². The van der Waals surface area contributed by atoms with Gasteiger partial charge in [0.15, 0.2) is 0 Å². The highest BCUT2D eigenvalue weighted by molar-refractivity contribution is 6.03. The number of ether oxygens (including phenoxy) is 4. The Morgan fingerprint density at radius 1 is 0.633 bits per heavy atom. The highest BCUT2D eigenvalue weighted by Crippen LogP contribution is 2.11. The van der Waals surface area contributed by atoms with Gasteiger partial charge < -0.3 is 18.9 Å². The fourth-order valence-electron chi connectivity index (χ4n) is 2.26. The molecule has 2 aromatic rings. The zero-order chi connectivity index (χ0) is 22.5. The molecule has 0 saturated heterocycles. The lowest BCUT2D eigenvalue weighted by Gasteiger charge is -2.04. The van der Waals surface area contributed by atoms with Crippen LogP contribution in [0.5, 0.6) is 0 Å². The first-order valence-electron chi connectivity index (χ1n) is 9.09. The molecule has 0 aliphatic heterocycles. The van der Waals surface area contributed by atoms with E-state index >= 15 is 0 Å². The van der Waals surface area contributed by atoms with E-state index in [1.807, 2.05) is 0 Å². The molecule has 2 rings (SSSR count). The van der Waals surface area contributed by atoms with Gasteiger partial charge in [0, 0.05) is 0 Å². The maximum Gasteiger partial charge on any atom is 0.338 e. The van der Waals surface area contributed by atoms with E-state index < -0.39 is 23.9 Å². The minimum absolute atomic E-state index is 0.210. The van der Waals surface area contributed by atoms with Crippen LogP contribution in [0, 0.1) is 0 Å². The second-order valence-corrected chi connectivity index (χ2v) is 5.55. The van der Waals surface area contributed by atoms with Crippen molar-refractivity contribution in [2.24, 2.45) is 0 Å². The molecule has 0 bridgehead atoms. The summed E-state index contributed by atoms with van der Waals surface area (Å²) >= 11 is 0. The van der Waals surface area contributed by atoms with Gasteiger partial charge in [-0.1, -0.05) is 18.2 Å². The predicted octanol–water partition coefficient (Wildman–Crippen LogP) is 3.30. The van der Waals surface area contributed by atoms with E-state index in [2.05, 4.69) is 9.47 Å². The first-order chi connectivity index (χ1) is 14.4. The highest BCUT2D eigenvalue weighted by Gasteiger charge is 2.16. The third kappa shape index (κ3) is 7.05. The van der Waals surface area contributed by atoms with Crippen LogP contribution in [0.1, 0.15) is 55.3 Å². The van der Waals surface area contributed by atoms with Crippen LogP contribution in [0.15, 0.2) is 48.5 Å². The van der Waals surface area contributed by atoms with E-state index in [4.69, 9.17) is 9.47 Å². The van der Waals surface area contributed by atoms with Gasteiger partial charge in [0.05, 0.1) is 49.7 Å². The molecule has 0 heterocycles. The van der Waals surface area contributed by atoms with Crippen molar-refractivity contribution in [2.75, 3.05) is 27.4 Å². The van der Waals surface area contributed by atoms with Crippen LogP contribution in [0.3, 0.4) is 0 Å². The van der Waals surface area contributed by atoms with Crippen molar-refractivity contribution in [3.8, 4) is 0 Å². The molecule has 160 valence electrons. The fraction of sp³-hybridized carbons (Fsp3) is 0.273. The van der Waals surface area contributed by atoms with Crippen LogP contribution < -0.4 is 0 Å². The molecular weight excluding hydrogens is 392 g/mol. The quantitative estimate of drug-likeness (QED) is 0.522. The number of carbonyl (C=O) groups is 4. The summed E-state index contributed by atoms with van der Waals surface area (Å²) < 4.78 is 18.7. The first kappa shape index (κ1) is 24.4. The Morgan fingerprint density at radius 3 is 1.37 bits per heavy atom. The maximum absolute atomic E-state index is 11.4. The molecule has 30 heavy (non-hydrogen) atoms. The molecule has 0 aliphatic rings. The third-order valence-electron chi connectivity index (χ3n) is 3.62. The molecule has 0 fully saturated rings. The number of esters is 4. The number of hydrogen-bond acceptors (Lipinski definition) is 8. The summed E-state index contributed by atoms with van der Waals surface area (Å²) in [7, 11) is 2.52. The first-order valence-corrected chi connectivity index (χ1v) is 9.09. The van der Waals surface area contributed by atoms with Crippen molar-refractivity contribution in [1.29, 1.82) is 0 Å². The Hall–Kier alpha value is -3.68. The second kappa shape index (κ2) is 12.7. The third-order valence-corrected chi connectivity index (χ3v) is 3.62. The van der Waals surface area contributed by atoms with E-state index in [0.717, 1.165) is 0 Å². The number of rotatable bonds is 6. The van der Waals surface area contributed by atoms with E-state index in [1.165, 1.54) is 32.4 Å². The van der Waals surface area contributed by atoms with E-state index in [1.54, 1.807) is 44.2 Å². The lowest BCUT2D eigenvalue weighted by atomic mass is 10.1. The smallest absolute Gasteiger partial charge is 0.338 e. The van der Waals surface area contributed by atoms with Crippen LogP contribution in [0.4, 0.5) is 0 Å². The second-order valence-electron chi connectivity index (χ2n) is 5.55. The van der Waals surface area contributed by atoms with Gasteiger partial charge in [-0.2, -0.15) is 0 Å². The van der Waals surface area contributed by atoms with Crippen LogP contribution >= 0.6 is 0 Å². The zero-order valence-electron chi connectivity index (χ0n) is 17.3. The molecule has 0 saturated carbocycles. The number of carbonyl (C=O) groups excluding carboxylic acids is 4. The van der Waals surface area contributed by atoms with Crippen molar-refractivity contribution in [3.05, 3.63) is 70.8 Å². The normalized spacial score (nSPS) is 9.47. The van der Waals surface area contributed by atoms with Gasteiger partial charge in [0.25, 0.3) is 0 Å². The van der Waals surface area contributed by atoms with Crippen LogP contribution in [-0.2, 0) is 18.9 Å². The van der Waals surface area contributed by atoms with Gasteiger partial charge >= 0.3 is 23.9 Å². The molecule has 0 aromatic heterocycles. The SMILES string of the molecule is CCOC(=O)c1cccc(C(=O)OCC)c1.COC(=O)c1ccccc1C(=O)OC. The summed E-state index contributed by atoms with van der Waals surface area (Å²) in [5.74, 6) is -1.97. The minimum atomic E-state index is -0.550. The van der Waals surface area contributed by atoms with Crippen molar-refractivity contribution in [3.63, 3.8) is 0 Å². The average molecular weight is 416 g/mol. The lowest BCUT2D eigenvalue weighted by molar-refractivity contribution is 0.0522. The molecule has 8 heteroatoms. The summed E-state index contributed by atoms with van der Waals surface area (Å²) in [4.78, 5) is 45.3. The van der Waals surface area contributed by atoms with Crippen molar-refractivity contribution < 1.29 is 38.1 Å². The monoisotopic (exact) mass is 416 g/mol. The van der Waals surface area contributed by atoms with E-state index in [-0.39, 0.29) is 11.1 Å². The topological polar surface area (TPSA) is 105 Å². The molecule has 0 unspecified atom stereocenters. The highest BCUT2D eigenvalue weighted by atomic mass is 16.5. The lowest BCUT2D eigenvalue weighted by Crippen LogP contribution is -2.11. The van der Waals surface area contributed by atoms with Gasteiger partial charge in [-0.25, -0.2) is 19.2 Å². The zero-order valence-corrected chi connectivity index (χ0v) is 17.3. The summed E-state index contributed by atoms with van der Waals surface area (Å²) in [6.45, 7) is 4.07. The van der Waals surface area contributed by atoms with Gasteiger partial charge in [-0.3, -0.25) is 0 Å². The standard InChI is InChI=1S/C12H14O4.C10H10O4/c1-3-15-11(13)9-6-5-7-10(8-9)12(14)16-4-2;1-13-9(11)7-5-3-4-6-8(7)10(12)14-2/h5-8H,3-4H2,1-2H3;3-6H,1-2H3. The van der Waals surface area contributed by atoms with E-state index in [0.29, 0.717) is 24.3 Å². The predicted molar refractivity (Wildman–Crippen MR) is 107 cm³/mol. The molecule has 0 aliphatic carbocycles. The molecule has 0 amide bonds. The number of benzene rings is 2. The number of methoxy groups -OCH3 is 2. The summed E-state index contributed by atoms with van der Waals surface area (Å²) in [5, 5.41) is 0. The number of hydrogen-bond donors (Lipinski definition) is 0. The Kier molecular flexibility index (Phi) is 10.3. The van der Waals surface area contributed by atoms with Gasteiger partial charge in [-0.05, 0) is 44.2 Å². The van der Waals surface area contributed by atoms with Crippen molar-refractivity contribution >= 4 is 23.9 Å². The Morgan fingerprint density at radius 2 is 1.03 bits per heavy atom. The van der Waals surface area contributed by atoms with Gasteiger partial charge in [0.1, 0.15) is 0 Å². The summed E-state index contributed by atoms with van der Waals surface area (Å²) in [6, 6.07) is 12.6. The van der Waals surface area contributed by atoms with Crippen LogP contribution in [0.25, 0.3) is 0 Å². The molecule has 0 N–H and O–H groups in total. The van der Waals surface area contributed by atoms with E-state index in [9.17, 15) is 19.2 Å². The van der Waals surface area contributed by atoms with Crippen molar-refractivity contribution in [1.82, 2.24) is 0 Å². The Balaban J connectivity index is 0.000000303. The van der Waals surface area contributed by atoms with Crippen LogP contribution in [-0.4, -0.2) is 51.3 Å². The Labute approximate surface area is 174 Å². The average Bonchev–Trinajstić information content (AvgIpc) is 2.78. The maximum atomic E-state index is 11.4. The van der Waals surface area contributed by atoms with Gasteiger partial charge in [-0.15, -0.1) is 0 Å². The molecule has 0 radical (unpaired) electrons. The molecule has 8 nitrogen and oxygen atoms in total. The molecule has 2 aromatic carbocycles. The molecule has 0 spiro atoms. The molecular formula is C22H24O8. The minimum Gasteiger partial charge on any atom is -0.465 e. The molecule has 0 atom stereocenters. The Bertz CT molecular complexity index is 820. The largest absolute Gasteiger partial charge is 0.465 e.